The Hall–Kier alpha value is -3.14. The Morgan fingerprint density at radius 1 is 1.00 bits per heavy atom. The summed E-state index contributed by atoms with van der Waals surface area (Å²) in [5.74, 6) is 0. The van der Waals surface area contributed by atoms with Crippen molar-refractivity contribution in [2.24, 2.45) is 0 Å². The number of hydrogen-bond donors (Lipinski definition) is 0. The second kappa shape index (κ2) is 8.48. The molecule has 0 saturated heterocycles. The van der Waals surface area contributed by atoms with Crippen LogP contribution in [0, 0.1) is 13.8 Å². The van der Waals surface area contributed by atoms with E-state index < -0.39 is 5.60 Å². The van der Waals surface area contributed by atoms with Gasteiger partial charge in [0, 0.05) is 11.9 Å². The summed E-state index contributed by atoms with van der Waals surface area (Å²) in [6.45, 7) is 10.1. The average molecular weight is 389 g/mol. The van der Waals surface area contributed by atoms with Crippen LogP contribution in [0.1, 0.15) is 37.6 Å². The predicted octanol–water partition coefficient (Wildman–Crippen LogP) is 6.31. The minimum absolute atomic E-state index is 0.340. The van der Waals surface area contributed by atoms with Crippen LogP contribution in [0.3, 0.4) is 0 Å². The van der Waals surface area contributed by atoms with Crippen molar-refractivity contribution in [1.82, 2.24) is 4.98 Å². The Morgan fingerprint density at radius 2 is 1.72 bits per heavy atom. The number of aryl methyl sites for hydroxylation is 2. The first-order valence-corrected chi connectivity index (χ1v) is 9.81. The predicted molar refractivity (Wildman–Crippen MR) is 118 cm³/mol. The fourth-order valence-corrected chi connectivity index (χ4v) is 3.20. The van der Waals surface area contributed by atoms with Gasteiger partial charge >= 0.3 is 6.09 Å². The number of carbonyl (C=O) groups is 1. The van der Waals surface area contributed by atoms with E-state index in [2.05, 4.69) is 30.1 Å². The average Bonchev–Trinajstić information content (AvgIpc) is 2.65. The molecule has 0 fully saturated rings. The van der Waals surface area contributed by atoms with Gasteiger partial charge in [0.2, 0.25) is 0 Å². The number of hydrogen-bond acceptors (Lipinski definition) is 3. The lowest BCUT2D eigenvalue weighted by Gasteiger charge is -2.28. The highest BCUT2D eigenvalue weighted by atomic mass is 16.6. The van der Waals surface area contributed by atoms with E-state index in [1.807, 2.05) is 70.2 Å². The highest BCUT2D eigenvalue weighted by Crippen LogP contribution is 2.30. The van der Waals surface area contributed by atoms with Crippen LogP contribution in [0.2, 0.25) is 0 Å². The molecule has 0 radical (unpaired) electrons. The molecule has 150 valence electrons. The Labute approximate surface area is 173 Å². The van der Waals surface area contributed by atoms with E-state index in [-0.39, 0.29) is 6.09 Å². The quantitative estimate of drug-likeness (QED) is 0.526. The molecular weight excluding hydrogens is 360 g/mol. The Morgan fingerprint density at radius 3 is 2.38 bits per heavy atom. The zero-order chi connectivity index (χ0) is 21.0. The van der Waals surface area contributed by atoms with Crippen LogP contribution in [0.25, 0.3) is 11.1 Å². The lowest BCUT2D eigenvalue weighted by molar-refractivity contribution is 0.0577. The van der Waals surface area contributed by atoms with Crippen LogP contribution in [-0.4, -0.2) is 16.7 Å². The number of carbonyl (C=O) groups excluding carboxylic acids is 1. The number of benzene rings is 2. The largest absolute Gasteiger partial charge is 0.443 e. The maximum Gasteiger partial charge on any atom is 0.415 e. The fourth-order valence-electron chi connectivity index (χ4n) is 3.20. The van der Waals surface area contributed by atoms with Gasteiger partial charge in [0.1, 0.15) is 5.60 Å². The molecule has 4 nitrogen and oxygen atoms in total. The molecule has 29 heavy (non-hydrogen) atoms. The second-order valence-corrected chi connectivity index (χ2v) is 8.26. The zero-order valence-corrected chi connectivity index (χ0v) is 17.8. The Bertz CT molecular complexity index is 991. The van der Waals surface area contributed by atoms with Gasteiger partial charge in [0.25, 0.3) is 0 Å². The van der Waals surface area contributed by atoms with E-state index in [0.29, 0.717) is 6.54 Å². The number of aromatic nitrogens is 1. The van der Waals surface area contributed by atoms with Crippen molar-refractivity contribution in [1.29, 1.82) is 0 Å². The number of rotatable bonds is 4. The van der Waals surface area contributed by atoms with Crippen LogP contribution >= 0.6 is 0 Å². The van der Waals surface area contributed by atoms with E-state index in [4.69, 9.17) is 4.74 Å². The maximum absolute atomic E-state index is 13.1. The number of amides is 1. The molecule has 0 aliphatic heterocycles. The van der Waals surface area contributed by atoms with Gasteiger partial charge in [-0.05, 0) is 81.1 Å². The topological polar surface area (TPSA) is 42.4 Å². The van der Waals surface area contributed by atoms with Crippen LogP contribution in [0.4, 0.5) is 10.5 Å². The maximum atomic E-state index is 13.1. The van der Waals surface area contributed by atoms with Crippen LogP contribution in [0.15, 0.2) is 66.9 Å². The summed E-state index contributed by atoms with van der Waals surface area (Å²) in [6, 6.07) is 20.1. The van der Waals surface area contributed by atoms with Gasteiger partial charge in [-0.25, -0.2) is 4.79 Å². The van der Waals surface area contributed by atoms with E-state index in [1.54, 1.807) is 11.1 Å². The molecule has 3 rings (SSSR count). The summed E-state index contributed by atoms with van der Waals surface area (Å²) in [4.78, 5) is 19.1. The summed E-state index contributed by atoms with van der Waals surface area (Å²) in [5, 5.41) is 0. The molecule has 1 amide bonds. The second-order valence-electron chi connectivity index (χ2n) is 8.26. The minimum atomic E-state index is -0.581. The fraction of sp³-hybridized carbons (Fsp3) is 0.280. The van der Waals surface area contributed by atoms with E-state index in [9.17, 15) is 4.79 Å². The molecule has 0 saturated carbocycles. The smallest absolute Gasteiger partial charge is 0.415 e. The normalized spacial score (nSPS) is 11.2. The van der Waals surface area contributed by atoms with Gasteiger partial charge < -0.3 is 4.74 Å². The molecule has 0 N–H and O–H groups in total. The molecule has 0 unspecified atom stereocenters. The van der Waals surface area contributed by atoms with Crippen molar-refractivity contribution >= 4 is 11.8 Å². The zero-order valence-electron chi connectivity index (χ0n) is 17.8. The first-order valence-electron chi connectivity index (χ1n) is 9.81. The van der Waals surface area contributed by atoms with Crippen LogP contribution < -0.4 is 4.90 Å². The Balaban J connectivity index is 2.05. The minimum Gasteiger partial charge on any atom is -0.443 e. The SMILES string of the molecule is Cc1cc(-c2ccccc2C)cc(N(Cc2ccccn2)C(=O)OC(C)(C)C)c1. The van der Waals surface area contributed by atoms with E-state index in [0.717, 1.165) is 28.1 Å². The first kappa shape index (κ1) is 20.6. The number of anilines is 1. The summed E-state index contributed by atoms with van der Waals surface area (Å²) in [7, 11) is 0. The molecule has 1 heterocycles. The molecule has 3 aromatic rings. The van der Waals surface area contributed by atoms with Crippen molar-refractivity contribution in [3.05, 3.63) is 83.7 Å². The summed E-state index contributed by atoms with van der Waals surface area (Å²) >= 11 is 0. The summed E-state index contributed by atoms with van der Waals surface area (Å²) in [6.07, 6.45) is 1.35. The number of nitrogens with zero attached hydrogens (tertiary/aromatic N) is 2. The third-order valence-corrected chi connectivity index (χ3v) is 4.49. The lowest BCUT2D eigenvalue weighted by Crippen LogP contribution is -2.36. The monoisotopic (exact) mass is 388 g/mol. The first-order chi connectivity index (χ1) is 13.7. The van der Waals surface area contributed by atoms with Crippen molar-refractivity contribution in [3.63, 3.8) is 0 Å². The molecule has 0 atom stereocenters. The van der Waals surface area contributed by atoms with Gasteiger partial charge in [-0.3, -0.25) is 9.88 Å². The van der Waals surface area contributed by atoms with Gasteiger partial charge in [0.15, 0.2) is 0 Å². The molecular formula is C25H28N2O2. The Kier molecular flexibility index (Phi) is 6.02. The third kappa shape index (κ3) is 5.44. The molecule has 0 bridgehead atoms. The van der Waals surface area contributed by atoms with Gasteiger partial charge in [0.05, 0.1) is 12.2 Å². The molecule has 0 aliphatic rings. The van der Waals surface area contributed by atoms with E-state index in [1.165, 1.54) is 5.56 Å². The van der Waals surface area contributed by atoms with Crippen LogP contribution in [-0.2, 0) is 11.3 Å². The molecule has 2 aromatic carbocycles. The summed E-state index contributed by atoms with van der Waals surface area (Å²) < 4.78 is 5.69. The van der Waals surface area contributed by atoms with E-state index >= 15 is 0 Å². The lowest BCUT2D eigenvalue weighted by atomic mass is 9.98. The third-order valence-electron chi connectivity index (χ3n) is 4.49. The van der Waals surface area contributed by atoms with Gasteiger partial charge in [-0.1, -0.05) is 36.4 Å². The highest BCUT2D eigenvalue weighted by Gasteiger charge is 2.24. The standard InChI is InChI=1S/C25H28N2O2/c1-18-14-20(23-12-7-6-10-19(23)2)16-22(15-18)27(24(28)29-25(3,4)5)17-21-11-8-9-13-26-21/h6-16H,17H2,1-5H3. The molecule has 0 spiro atoms. The van der Waals surface area contributed by atoms with Crippen molar-refractivity contribution in [2.75, 3.05) is 4.90 Å². The molecule has 4 heteroatoms. The number of pyridine rings is 1. The van der Waals surface area contributed by atoms with Crippen LogP contribution in [0.5, 0.6) is 0 Å². The molecule has 0 aliphatic carbocycles. The summed E-state index contributed by atoms with van der Waals surface area (Å²) in [5.41, 5.74) is 5.52. The molecule has 1 aromatic heterocycles. The van der Waals surface area contributed by atoms with Crippen molar-refractivity contribution in [3.8, 4) is 11.1 Å². The highest BCUT2D eigenvalue weighted by molar-refractivity contribution is 5.89. The van der Waals surface area contributed by atoms with Gasteiger partial charge in [-0.15, -0.1) is 0 Å². The van der Waals surface area contributed by atoms with Gasteiger partial charge in [-0.2, -0.15) is 0 Å². The number of ether oxygens (including phenoxy) is 1. The van der Waals surface area contributed by atoms with Crippen molar-refractivity contribution in [2.45, 2.75) is 46.8 Å². The van der Waals surface area contributed by atoms with Crippen molar-refractivity contribution < 1.29 is 9.53 Å².